The van der Waals surface area contributed by atoms with Gasteiger partial charge in [0.25, 0.3) is 0 Å². The SMILES string of the molecule is NC(=O)NC(=O)CN1CCOC(CO)C1. The molecule has 0 saturated carbocycles. The summed E-state index contributed by atoms with van der Waals surface area (Å²) in [6, 6.07) is -0.855. The van der Waals surface area contributed by atoms with Crippen molar-refractivity contribution in [2.75, 3.05) is 32.8 Å². The van der Waals surface area contributed by atoms with Crippen molar-refractivity contribution in [3.05, 3.63) is 0 Å². The lowest BCUT2D eigenvalue weighted by atomic mass is 10.3. The fraction of sp³-hybridized carbons (Fsp3) is 0.750. The van der Waals surface area contributed by atoms with E-state index >= 15 is 0 Å². The topological polar surface area (TPSA) is 105 Å². The van der Waals surface area contributed by atoms with Crippen molar-refractivity contribution in [3.63, 3.8) is 0 Å². The molecule has 1 heterocycles. The number of nitrogens with one attached hydrogen (secondary N) is 1. The molecular weight excluding hydrogens is 202 g/mol. The predicted octanol–water partition coefficient (Wildman–Crippen LogP) is -2.13. The Balaban J connectivity index is 2.31. The van der Waals surface area contributed by atoms with E-state index in [9.17, 15) is 9.59 Å². The smallest absolute Gasteiger partial charge is 0.318 e. The molecule has 1 rings (SSSR count). The van der Waals surface area contributed by atoms with E-state index in [2.05, 4.69) is 0 Å². The Kier molecular flexibility index (Phi) is 4.47. The molecule has 3 amide bonds. The number of aliphatic hydroxyl groups is 1. The van der Waals surface area contributed by atoms with Crippen molar-refractivity contribution in [2.45, 2.75) is 6.10 Å². The van der Waals surface area contributed by atoms with E-state index < -0.39 is 11.9 Å². The highest BCUT2D eigenvalue weighted by molar-refractivity contribution is 5.94. The van der Waals surface area contributed by atoms with Crippen molar-refractivity contribution >= 4 is 11.9 Å². The fourth-order valence-corrected chi connectivity index (χ4v) is 1.41. The van der Waals surface area contributed by atoms with Gasteiger partial charge in [0.15, 0.2) is 0 Å². The molecule has 0 spiro atoms. The molecule has 0 radical (unpaired) electrons. The van der Waals surface area contributed by atoms with E-state index in [-0.39, 0.29) is 19.3 Å². The Morgan fingerprint density at radius 1 is 1.60 bits per heavy atom. The van der Waals surface area contributed by atoms with E-state index in [1.165, 1.54) is 0 Å². The second-order valence-corrected chi connectivity index (χ2v) is 3.32. The molecule has 1 saturated heterocycles. The zero-order chi connectivity index (χ0) is 11.3. The molecule has 7 nitrogen and oxygen atoms in total. The fourth-order valence-electron chi connectivity index (χ4n) is 1.41. The Morgan fingerprint density at radius 2 is 2.33 bits per heavy atom. The van der Waals surface area contributed by atoms with Gasteiger partial charge in [-0.1, -0.05) is 0 Å². The van der Waals surface area contributed by atoms with Crippen molar-refractivity contribution < 1.29 is 19.4 Å². The summed E-state index contributed by atoms with van der Waals surface area (Å²) in [7, 11) is 0. The number of ether oxygens (including phenoxy) is 1. The van der Waals surface area contributed by atoms with Crippen molar-refractivity contribution in [2.24, 2.45) is 5.73 Å². The van der Waals surface area contributed by atoms with Crippen LogP contribution in [0.3, 0.4) is 0 Å². The quantitative estimate of drug-likeness (QED) is 0.501. The van der Waals surface area contributed by atoms with Crippen molar-refractivity contribution in [3.8, 4) is 0 Å². The lowest BCUT2D eigenvalue weighted by Crippen LogP contribution is -2.49. The van der Waals surface area contributed by atoms with Crippen LogP contribution >= 0.6 is 0 Å². The van der Waals surface area contributed by atoms with Gasteiger partial charge < -0.3 is 15.6 Å². The van der Waals surface area contributed by atoms with Gasteiger partial charge >= 0.3 is 6.03 Å². The third kappa shape index (κ3) is 4.24. The van der Waals surface area contributed by atoms with Crippen LogP contribution in [0.5, 0.6) is 0 Å². The van der Waals surface area contributed by atoms with Crippen LogP contribution in [0.1, 0.15) is 0 Å². The van der Waals surface area contributed by atoms with Gasteiger partial charge in [-0.2, -0.15) is 0 Å². The van der Waals surface area contributed by atoms with E-state index in [0.717, 1.165) is 0 Å². The molecule has 1 aliphatic heterocycles. The Bertz CT molecular complexity index is 246. The van der Waals surface area contributed by atoms with Gasteiger partial charge in [0.1, 0.15) is 0 Å². The summed E-state index contributed by atoms with van der Waals surface area (Å²) >= 11 is 0. The molecular formula is C8H15N3O4. The number of urea groups is 1. The molecule has 0 aromatic carbocycles. The number of hydrogen-bond donors (Lipinski definition) is 3. The van der Waals surface area contributed by atoms with Gasteiger partial charge in [0.05, 0.1) is 25.9 Å². The standard InChI is InChI=1S/C8H15N3O4/c9-8(14)10-7(13)4-11-1-2-15-6(3-11)5-12/h6,12H,1-5H2,(H3,9,10,13,14). The Labute approximate surface area is 87.2 Å². The minimum atomic E-state index is -0.855. The first-order valence-corrected chi connectivity index (χ1v) is 4.66. The van der Waals surface area contributed by atoms with Gasteiger partial charge in [-0.15, -0.1) is 0 Å². The summed E-state index contributed by atoms with van der Waals surface area (Å²) < 4.78 is 5.21. The van der Waals surface area contributed by atoms with Crippen LogP contribution in [0.25, 0.3) is 0 Å². The lowest BCUT2D eigenvalue weighted by molar-refractivity contribution is -0.123. The van der Waals surface area contributed by atoms with Gasteiger partial charge in [0, 0.05) is 13.1 Å². The van der Waals surface area contributed by atoms with E-state index in [1.807, 2.05) is 5.32 Å². The Morgan fingerprint density at radius 3 is 2.93 bits per heavy atom. The highest BCUT2D eigenvalue weighted by Gasteiger charge is 2.21. The van der Waals surface area contributed by atoms with Crippen LogP contribution in [0.4, 0.5) is 4.79 Å². The monoisotopic (exact) mass is 217 g/mol. The third-order valence-electron chi connectivity index (χ3n) is 2.06. The van der Waals surface area contributed by atoms with E-state index in [4.69, 9.17) is 15.6 Å². The van der Waals surface area contributed by atoms with Gasteiger partial charge in [0.2, 0.25) is 5.91 Å². The minimum Gasteiger partial charge on any atom is -0.394 e. The molecule has 4 N–H and O–H groups in total. The number of carbonyl (C=O) groups is 2. The summed E-state index contributed by atoms with van der Waals surface area (Å²) in [6.07, 6.45) is -0.264. The molecule has 0 aliphatic carbocycles. The maximum atomic E-state index is 11.2. The van der Waals surface area contributed by atoms with Crippen LogP contribution in [0.2, 0.25) is 0 Å². The van der Waals surface area contributed by atoms with Crippen LogP contribution in [0, 0.1) is 0 Å². The van der Waals surface area contributed by atoms with Crippen LogP contribution < -0.4 is 11.1 Å². The van der Waals surface area contributed by atoms with Crippen LogP contribution in [0.15, 0.2) is 0 Å². The molecule has 7 heteroatoms. The summed E-state index contributed by atoms with van der Waals surface area (Å²) in [5.41, 5.74) is 4.80. The average Bonchev–Trinajstić information content (AvgIpc) is 2.16. The maximum absolute atomic E-state index is 11.2. The Hall–Kier alpha value is -1.18. The molecule has 1 atom stereocenters. The van der Waals surface area contributed by atoms with Crippen LogP contribution in [-0.2, 0) is 9.53 Å². The van der Waals surface area contributed by atoms with Gasteiger partial charge in [-0.3, -0.25) is 15.0 Å². The minimum absolute atomic E-state index is 0.0755. The molecule has 0 aromatic rings. The normalized spacial score (nSPS) is 22.3. The first kappa shape index (κ1) is 11.9. The van der Waals surface area contributed by atoms with Crippen molar-refractivity contribution in [1.82, 2.24) is 10.2 Å². The maximum Gasteiger partial charge on any atom is 0.318 e. The number of amides is 3. The van der Waals surface area contributed by atoms with Crippen LogP contribution in [-0.4, -0.2) is 60.9 Å². The average molecular weight is 217 g/mol. The lowest BCUT2D eigenvalue weighted by Gasteiger charge is -2.31. The number of morpholine rings is 1. The number of rotatable bonds is 3. The number of carbonyl (C=O) groups excluding carboxylic acids is 2. The number of nitrogens with zero attached hydrogens (tertiary/aromatic N) is 1. The number of hydrogen-bond acceptors (Lipinski definition) is 5. The summed E-state index contributed by atoms with van der Waals surface area (Å²) in [6.45, 7) is 1.55. The summed E-state index contributed by atoms with van der Waals surface area (Å²) in [5, 5.41) is 10.8. The molecule has 0 aromatic heterocycles. The first-order chi connectivity index (χ1) is 7.11. The zero-order valence-corrected chi connectivity index (χ0v) is 8.31. The number of nitrogens with two attached hydrogens (primary N) is 1. The van der Waals surface area contributed by atoms with E-state index in [0.29, 0.717) is 19.7 Å². The van der Waals surface area contributed by atoms with Gasteiger partial charge in [-0.05, 0) is 0 Å². The summed E-state index contributed by atoms with van der Waals surface area (Å²) in [4.78, 5) is 23.3. The van der Waals surface area contributed by atoms with E-state index in [1.54, 1.807) is 4.90 Å². The largest absolute Gasteiger partial charge is 0.394 e. The molecule has 15 heavy (non-hydrogen) atoms. The highest BCUT2D eigenvalue weighted by atomic mass is 16.5. The zero-order valence-electron chi connectivity index (χ0n) is 8.31. The highest BCUT2D eigenvalue weighted by Crippen LogP contribution is 2.03. The number of aliphatic hydroxyl groups excluding tert-OH is 1. The molecule has 0 bridgehead atoms. The summed E-state index contributed by atoms with van der Waals surface area (Å²) in [5.74, 6) is -0.443. The first-order valence-electron chi connectivity index (χ1n) is 4.66. The van der Waals surface area contributed by atoms with Crippen molar-refractivity contribution in [1.29, 1.82) is 0 Å². The second-order valence-electron chi connectivity index (χ2n) is 3.32. The predicted molar refractivity (Wildman–Crippen MR) is 51.0 cm³/mol. The van der Waals surface area contributed by atoms with Gasteiger partial charge in [-0.25, -0.2) is 4.79 Å². The molecule has 1 fully saturated rings. The molecule has 86 valence electrons. The molecule has 1 aliphatic rings. The molecule has 1 unspecified atom stereocenters. The third-order valence-corrected chi connectivity index (χ3v) is 2.06. The second kappa shape index (κ2) is 5.64. The number of primary amides is 1. The number of imide groups is 1.